The number of hydrogen-bond donors (Lipinski definition) is 1. The van der Waals surface area contributed by atoms with Crippen LogP contribution in [-0.4, -0.2) is 30.9 Å². The van der Waals surface area contributed by atoms with Gasteiger partial charge in [0.25, 0.3) is 5.91 Å². The van der Waals surface area contributed by atoms with Crippen LogP contribution in [0.2, 0.25) is 0 Å². The smallest absolute Gasteiger partial charge is 0.311 e. The molecule has 7 nitrogen and oxygen atoms in total. The number of esters is 1. The Labute approximate surface area is 191 Å². The summed E-state index contributed by atoms with van der Waals surface area (Å²) in [5.74, 6) is -0.392. The predicted octanol–water partition coefficient (Wildman–Crippen LogP) is 4.32. The molecule has 0 aromatic heterocycles. The third-order valence-electron chi connectivity index (χ3n) is 5.33. The first-order valence-corrected chi connectivity index (χ1v) is 10.6. The van der Waals surface area contributed by atoms with Gasteiger partial charge in [-0.2, -0.15) is 0 Å². The fourth-order valence-corrected chi connectivity index (χ4v) is 3.65. The van der Waals surface area contributed by atoms with Crippen molar-refractivity contribution < 1.29 is 23.9 Å². The number of rotatable bonds is 7. The molecule has 0 saturated carbocycles. The minimum absolute atomic E-state index is 0.0671. The molecule has 0 bridgehead atoms. The Hall–Kier alpha value is -4.13. The summed E-state index contributed by atoms with van der Waals surface area (Å²) >= 11 is 0. The fourth-order valence-electron chi connectivity index (χ4n) is 3.65. The molecule has 1 saturated heterocycles. The molecule has 3 aromatic rings. The van der Waals surface area contributed by atoms with Crippen LogP contribution in [0.5, 0.6) is 11.5 Å². The van der Waals surface area contributed by atoms with Gasteiger partial charge in [0.05, 0.1) is 5.92 Å². The van der Waals surface area contributed by atoms with E-state index in [9.17, 15) is 14.4 Å². The van der Waals surface area contributed by atoms with Crippen molar-refractivity contribution in [3.63, 3.8) is 0 Å². The maximum atomic E-state index is 12.4. The average molecular weight is 444 g/mol. The number of anilines is 2. The van der Waals surface area contributed by atoms with Gasteiger partial charge in [-0.25, -0.2) is 0 Å². The van der Waals surface area contributed by atoms with E-state index in [1.807, 2.05) is 61.5 Å². The molecule has 1 fully saturated rings. The molecule has 0 spiro atoms. The van der Waals surface area contributed by atoms with Gasteiger partial charge in [-0.3, -0.25) is 14.4 Å². The van der Waals surface area contributed by atoms with Gasteiger partial charge in [0, 0.05) is 24.3 Å². The summed E-state index contributed by atoms with van der Waals surface area (Å²) in [6, 6.07) is 23.8. The lowest BCUT2D eigenvalue weighted by Crippen LogP contribution is -2.28. The molecule has 1 aliphatic rings. The molecule has 7 heteroatoms. The minimum atomic E-state index is -0.598. The van der Waals surface area contributed by atoms with Crippen molar-refractivity contribution in [2.24, 2.45) is 5.92 Å². The van der Waals surface area contributed by atoms with E-state index in [2.05, 4.69) is 5.32 Å². The molecule has 168 valence electrons. The lowest BCUT2D eigenvalue weighted by atomic mass is 10.1. The minimum Gasteiger partial charge on any atom is -0.457 e. The first-order chi connectivity index (χ1) is 16.0. The number of ether oxygens (including phenoxy) is 2. The summed E-state index contributed by atoms with van der Waals surface area (Å²) < 4.78 is 10.9. The highest BCUT2D eigenvalue weighted by atomic mass is 16.5. The zero-order valence-corrected chi connectivity index (χ0v) is 18.2. The topological polar surface area (TPSA) is 84.9 Å². The second-order valence-corrected chi connectivity index (χ2v) is 7.79. The summed E-state index contributed by atoms with van der Waals surface area (Å²) in [4.78, 5) is 38.6. The van der Waals surface area contributed by atoms with Crippen LogP contribution >= 0.6 is 0 Å². The Balaban J connectivity index is 1.25. The molecule has 0 aliphatic carbocycles. The van der Waals surface area contributed by atoms with Crippen molar-refractivity contribution in [2.75, 3.05) is 23.4 Å². The van der Waals surface area contributed by atoms with Crippen LogP contribution < -0.4 is 15.0 Å². The number of nitrogens with one attached hydrogen (secondary N) is 1. The van der Waals surface area contributed by atoms with Crippen LogP contribution in [-0.2, 0) is 19.1 Å². The summed E-state index contributed by atoms with van der Waals surface area (Å²) in [5.41, 5.74) is 2.30. The highest BCUT2D eigenvalue weighted by Gasteiger charge is 2.36. The van der Waals surface area contributed by atoms with Crippen LogP contribution in [0.4, 0.5) is 11.4 Å². The van der Waals surface area contributed by atoms with Crippen LogP contribution in [0.3, 0.4) is 0 Å². The molecule has 1 atom stereocenters. The number of nitrogens with zero attached hydrogens (tertiary/aromatic N) is 1. The van der Waals surface area contributed by atoms with Gasteiger partial charge in [-0.15, -0.1) is 0 Å². The van der Waals surface area contributed by atoms with Crippen molar-refractivity contribution in [3.8, 4) is 11.5 Å². The summed E-state index contributed by atoms with van der Waals surface area (Å²) in [7, 11) is 0. The summed E-state index contributed by atoms with van der Waals surface area (Å²) in [6.07, 6.45) is 0.0671. The second-order valence-electron chi connectivity index (χ2n) is 7.79. The quantitative estimate of drug-likeness (QED) is 0.549. The van der Waals surface area contributed by atoms with Crippen LogP contribution in [0.1, 0.15) is 12.0 Å². The molecule has 1 aliphatic heterocycles. The molecule has 33 heavy (non-hydrogen) atoms. The monoisotopic (exact) mass is 444 g/mol. The molecule has 0 unspecified atom stereocenters. The first kappa shape index (κ1) is 22.1. The lowest BCUT2D eigenvalue weighted by Gasteiger charge is -2.18. The molecule has 4 rings (SSSR count). The zero-order chi connectivity index (χ0) is 23.2. The zero-order valence-electron chi connectivity index (χ0n) is 18.2. The highest BCUT2D eigenvalue weighted by Crippen LogP contribution is 2.28. The fraction of sp³-hybridized carbons (Fsp3) is 0.192. The van der Waals surface area contributed by atoms with E-state index >= 15 is 0 Å². The molecule has 1 N–H and O–H groups in total. The largest absolute Gasteiger partial charge is 0.457 e. The summed E-state index contributed by atoms with van der Waals surface area (Å²) in [5, 5.41) is 2.68. The maximum absolute atomic E-state index is 12.4. The van der Waals surface area contributed by atoms with Gasteiger partial charge >= 0.3 is 5.97 Å². The number of amides is 2. The van der Waals surface area contributed by atoms with Gasteiger partial charge in [-0.05, 0) is 55.0 Å². The first-order valence-electron chi connectivity index (χ1n) is 10.6. The molecular formula is C26H24N2O5. The molecule has 2 amide bonds. The number of carbonyl (C=O) groups excluding carboxylic acids is 3. The van der Waals surface area contributed by atoms with Crippen molar-refractivity contribution in [1.82, 2.24) is 0 Å². The number of aryl methyl sites for hydroxylation is 1. The van der Waals surface area contributed by atoms with Crippen molar-refractivity contribution in [2.45, 2.75) is 13.3 Å². The van der Waals surface area contributed by atoms with Gasteiger partial charge in [0.15, 0.2) is 6.61 Å². The van der Waals surface area contributed by atoms with E-state index < -0.39 is 24.4 Å². The second kappa shape index (κ2) is 9.99. The maximum Gasteiger partial charge on any atom is 0.311 e. The van der Waals surface area contributed by atoms with E-state index in [0.29, 0.717) is 17.2 Å². The Morgan fingerprint density at radius 2 is 1.61 bits per heavy atom. The Kier molecular flexibility index (Phi) is 6.69. The number of carbonyl (C=O) groups is 3. The standard InChI is InChI=1S/C26H24N2O5/c1-18-7-5-6-10-23(18)28-16-19(15-25(28)30)26(31)32-17-24(29)27-20-11-13-22(14-12-20)33-21-8-3-2-4-9-21/h2-14,19H,15-17H2,1H3,(H,27,29)/t19-/m1/s1. The van der Waals surface area contributed by atoms with E-state index in [4.69, 9.17) is 9.47 Å². The Morgan fingerprint density at radius 3 is 2.33 bits per heavy atom. The molecule has 0 radical (unpaired) electrons. The summed E-state index contributed by atoms with van der Waals surface area (Å²) in [6.45, 7) is 1.74. The van der Waals surface area contributed by atoms with E-state index in [-0.39, 0.29) is 18.9 Å². The van der Waals surface area contributed by atoms with E-state index in [1.54, 1.807) is 29.2 Å². The number of benzene rings is 3. The van der Waals surface area contributed by atoms with E-state index in [1.165, 1.54) is 0 Å². The van der Waals surface area contributed by atoms with Gasteiger partial charge < -0.3 is 19.7 Å². The van der Waals surface area contributed by atoms with Crippen molar-refractivity contribution in [3.05, 3.63) is 84.4 Å². The number of para-hydroxylation sites is 2. The van der Waals surface area contributed by atoms with Crippen molar-refractivity contribution >= 4 is 29.2 Å². The van der Waals surface area contributed by atoms with Crippen molar-refractivity contribution in [1.29, 1.82) is 0 Å². The van der Waals surface area contributed by atoms with E-state index in [0.717, 1.165) is 11.3 Å². The third-order valence-corrected chi connectivity index (χ3v) is 5.33. The van der Waals surface area contributed by atoms with Gasteiger partial charge in [0.2, 0.25) is 5.91 Å². The highest BCUT2D eigenvalue weighted by molar-refractivity contribution is 6.00. The Morgan fingerprint density at radius 1 is 0.939 bits per heavy atom. The SMILES string of the molecule is Cc1ccccc1N1C[C@H](C(=O)OCC(=O)Nc2ccc(Oc3ccccc3)cc2)CC1=O. The van der Waals surface area contributed by atoms with Crippen LogP contribution in [0, 0.1) is 12.8 Å². The Bertz CT molecular complexity index is 1140. The van der Waals surface area contributed by atoms with Gasteiger partial charge in [0.1, 0.15) is 11.5 Å². The predicted molar refractivity (Wildman–Crippen MR) is 124 cm³/mol. The van der Waals surface area contributed by atoms with Crippen LogP contribution in [0.25, 0.3) is 0 Å². The third kappa shape index (κ3) is 5.57. The average Bonchev–Trinajstić information content (AvgIpc) is 3.21. The molecular weight excluding hydrogens is 420 g/mol. The lowest BCUT2D eigenvalue weighted by molar-refractivity contribution is -0.151. The van der Waals surface area contributed by atoms with Crippen LogP contribution in [0.15, 0.2) is 78.9 Å². The molecule has 3 aromatic carbocycles. The normalized spacial score (nSPS) is 15.2. The number of hydrogen-bond acceptors (Lipinski definition) is 5. The molecule has 1 heterocycles. The van der Waals surface area contributed by atoms with Gasteiger partial charge in [-0.1, -0.05) is 36.4 Å².